The molecule has 2 aromatic carbocycles. The molecule has 0 spiro atoms. The van der Waals surface area contributed by atoms with Gasteiger partial charge in [-0.25, -0.2) is 4.39 Å². The highest BCUT2D eigenvalue weighted by molar-refractivity contribution is 6.35. The van der Waals surface area contributed by atoms with Crippen LogP contribution in [-0.2, 0) is 4.79 Å². The topological polar surface area (TPSA) is 80.3 Å². The Morgan fingerprint density at radius 3 is 2.55 bits per heavy atom. The molecular formula is C20H14Cl2FN3O3. The van der Waals surface area contributed by atoms with Crippen LogP contribution in [0.5, 0.6) is 5.75 Å². The van der Waals surface area contributed by atoms with Crippen LogP contribution in [0.15, 0.2) is 60.8 Å². The third-order valence-electron chi connectivity index (χ3n) is 3.65. The largest absolute Gasteiger partial charge is 0.482 e. The molecular weight excluding hydrogens is 420 g/mol. The van der Waals surface area contributed by atoms with Gasteiger partial charge in [-0.2, -0.15) is 0 Å². The lowest BCUT2D eigenvalue weighted by Gasteiger charge is -2.13. The van der Waals surface area contributed by atoms with Gasteiger partial charge in [-0.05, 0) is 48.5 Å². The Hall–Kier alpha value is -3.16. The van der Waals surface area contributed by atoms with Crippen LogP contribution in [0.25, 0.3) is 0 Å². The van der Waals surface area contributed by atoms with E-state index in [9.17, 15) is 14.0 Å². The number of ether oxygens (including phenoxy) is 1. The predicted octanol–water partition coefficient (Wildman–Crippen LogP) is 4.80. The zero-order valence-corrected chi connectivity index (χ0v) is 16.3. The summed E-state index contributed by atoms with van der Waals surface area (Å²) in [6, 6.07) is 13.0. The first kappa shape index (κ1) is 20.6. The van der Waals surface area contributed by atoms with Gasteiger partial charge in [-0.3, -0.25) is 14.6 Å². The van der Waals surface area contributed by atoms with E-state index < -0.39 is 17.6 Å². The summed E-state index contributed by atoms with van der Waals surface area (Å²) in [6.45, 7) is -0.383. The minimum Gasteiger partial charge on any atom is -0.482 e. The zero-order chi connectivity index (χ0) is 20.8. The highest BCUT2D eigenvalue weighted by atomic mass is 35.5. The predicted molar refractivity (Wildman–Crippen MR) is 109 cm³/mol. The summed E-state index contributed by atoms with van der Waals surface area (Å²) in [5.41, 5.74) is 0.458. The van der Waals surface area contributed by atoms with Crippen molar-refractivity contribution in [2.45, 2.75) is 0 Å². The third-order valence-corrected chi connectivity index (χ3v) is 4.18. The van der Waals surface area contributed by atoms with Crippen LogP contribution < -0.4 is 15.4 Å². The molecule has 148 valence electrons. The maximum Gasteiger partial charge on any atom is 0.274 e. The maximum absolute atomic E-state index is 13.7. The summed E-state index contributed by atoms with van der Waals surface area (Å²) in [5, 5.41) is 5.77. The number of hydrogen-bond acceptors (Lipinski definition) is 4. The molecule has 0 aliphatic rings. The van der Waals surface area contributed by atoms with Crippen molar-refractivity contribution < 1.29 is 18.7 Å². The van der Waals surface area contributed by atoms with E-state index in [-0.39, 0.29) is 34.4 Å². The van der Waals surface area contributed by atoms with Crippen molar-refractivity contribution in [3.05, 3.63) is 82.4 Å². The number of benzene rings is 2. The van der Waals surface area contributed by atoms with E-state index in [0.29, 0.717) is 5.02 Å². The van der Waals surface area contributed by atoms with Crippen LogP contribution in [0.1, 0.15) is 10.5 Å². The van der Waals surface area contributed by atoms with E-state index >= 15 is 0 Å². The van der Waals surface area contributed by atoms with E-state index in [1.54, 1.807) is 18.2 Å². The summed E-state index contributed by atoms with van der Waals surface area (Å²) < 4.78 is 19.0. The fourth-order valence-electron chi connectivity index (χ4n) is 2.33. The Morgan fingerprint density at radius 2 is 1.83 bits per heavy atom. The zero-order valence-electron chi connectivity index (χ0n) is 14.8. The molecule has 6 nitrogen and oxygen atoms in total. The monoisotopic (exact) mass is 433 g/mol. The summed E-state index contributed by atoms with van der Waals surface area (Å²) in [4.78, 5) is 28.5. The third kappa shape index (κ3) is 5.66. The van der Waals surface area contributed by atoms with Crippen LogP contribution in [0, 0.1) is 5.82 Å². The standard InChI is InChI=1S/C20H14Cl2FN3O3/c21-12-4-7-18(14(22)9-12)29-11-19(27)25-17-10-13(23)5-6-15(17)26-20(28)16-3-1-2-8-24-16/h1-10H,11H2,(H,25,27)(H,26,28). The van der Waals surface area contributed by atoms with Gasteiger partial charge in [-0.1, -0.05) is 29.3 Å². The molecule has 0 saturated heterocycles. The van der Waals surface area contributed by atoms with Crippen LogP contribution in [0.4, 0.5) is 15.8 Å². The number of nitrogens with one attached hydrogen (secondary N) is 2. The minimum atomic E-state index is -0.585. The van der Waals surface area contributed by atoms with E-state index in [1.165, 1.54) is 30.5 Å². The lowest BCUT2D eigenvalue weighted by molar-refractivity contribution is -0.118. The Labute approximate surface area is 175 Å². The van der Waals surface area contributed by atoms with Gasteiger partial charge in [0.2, 0.25) is 0 Å². The van der Waals surface area contributed by atoms with Gasteiger partial charge in [0.1, 0.15) is 17.3 Å². The Balaban J connectivity index is 1.68. The van der Waals surface area contributed by atoms with Crippen molar-refractivity contribution in [3.63, 3.8) is 0 Å². The fourth-order valence-corrected chi connectivity index (χ4v) is 2.80. The number of rotatable bonds is 6. The minimum absolute atomic E-state index is 0.0742. The van der Waals surface area contributed by atoms with Gasteiger partial charge in [0.05, 0.1) is 16.4 Å². The van der Waals surface area contributed by atoms with Crippen LogP contribution in [0.3, 0.4) is 0 Å². The molecule has 0 aliphatic carbocycles. The number of pyridine rings is 1. The van der Waals surface area contributed by atoms with Gasteiger partial charge < -0.3 is 15.4 Å². The lowest BCUT2D eigenvalue weighted by Crippen LogP contribution is -2.22. The van der Waals surface area contributed by atoms with Crippen molar-refractivity contribution in [2.24, 2.45) is 0 Å². The normalized spacial score (nSPS) is 10.3. The molecule has 0 fully saturated rings. The molecule has 0 unspecified atom stereocenters. The molecule has 3 aromatic rings. The Kier molecular flexibility index (Phi) is 6.64. The molecule has 1 aromatic heterocycles. The van der Waals surface area contributed by atoms with E-state index in [2.05, 4.69) is 15.6 Å². The number of carbonyl (C=O) groups is 2. The number of hydrogen-bond donors (Lipinski definition) is 2. The summed E-state index contributed by atoms with van der Waals surface area (Å²) in [6.07, 6.45) is 1.47. The van der Waals surface area contributed by atoms with E-state index in [4.69, 9.17) is 27.9 Å². The van der Waals surface area contributed by atoms with Crippen molar-refractivity contribution >= 4 is 46.4 Å². The van der Waals surface area contributed by atoms with E-state index in [1.807, 2.05) is 0 Å². The SMILES string of the molecule is O=C(COc1ccc(Cl)cc1Cl)Nc1cc(F)ccc1NC(=O)c1ccccn1. The molecule has 9 heteroatoms. The first-order chi connectivity index (χ1) is 13.9. The van der Waals surface area contributed by atoms with Gasteiger partial charge in [0, 0.05) is 11.2 Å². The maximum atomic E-state index is 13.7. The highest BCUT2D eigenvalue weighted by Crippen LogP contribution is 2.28. The quantitative estimate of drug-likeness (QED) is 0.584. The summed E-state index contributed by atoms with van der Waals surface area (Å²) in [5.74, 6) is -1.39. The molecule has 0 atom stereocenters. The molecule has 0 saturated carbocycles. The molecule has 1 heterocycles. The van der Waals surface area contributed by atoms with Crippen LogP contribution >= 0.6 is 23.2 Å². The van der Waals surface area contributed by atoms with Gasteiger partial charge in [0.25, 0.3) is 11.8 Å². The lowest BCUT2D eigenvalue weighted by atomic mass is 10.2. The van der Waals surface area contributed by atoms with Gasteiger partial charge in [0.15, 0.2) is 6.61 Å². The molecule has 0 radical (unpaired) electrons. The highest BCUT2D eigenvalue weighted by Gasteiger charge is 2.14. The number of anilines is 2. The average Bonchev–Trinajstić information content (AvgIpc) is 2.70. The second-order valence-corrected chi connectivity index (χ2v) is 6.61. The molecule has 0 aliphatic heterocycles. The van der Waals surface area contributed by atoms with Crippen LogP contribution in [-0.4, -0.2) is 23.4 Å². The first-order valence-corrected chi connectivity index (χ1v) is 9.07. The smallest absolute Gasteiger partial charge is 0.274 e. The van der Waals surface area contributed by atoms with Crippen molar-refractivity contribution in [1.82, 2.24) is 4.98 Å². The number of carbonyl (C=O) groups excluding carboxylic acids is 2. The number of aromatic nitrogens is 1. The molecule has 0 bridgehead atoms. The summed E-state index contributed by atoms with van der Waals surface area (Å²) in [7, 11) is 0. The van der Waals surface area contributed by atoms with Crippen molar-refractivity contribution in [1.29, 1.82) is 0 Å². The second kappa shape index (κ2) is 9.36. The molecule has 2 N–H and O–H groups in total. The van der Waals surface area contributed by atoms with Crippen LogP contribution in [0.2, 0.25) is 10.0 Å². The van der Waals surface area contributed by atoms with Crippen molar-refractivity contribution in [2.75, 3.05) is 17.2 Å². The number of halogens is 3. The van der Waals surface area contributed by atoms with Gasteiger partial charge in [-0.15, -0.1) is 0 Å². The summed E-state index contributed by atoms with van der Waals surface area (Å²) >= 11 is 11.8. The molecule has 3 rings (SSSR count). The fraction of sp³-hybridized carbons (Fsp3) is 0.0500. The molecule has 2 amide bonds. The van der Waals surface area contributed by atoms with Crippen molar-refractivity contribution in [3.8, 4) is 5.75 Å². The Bertz CT molecular complexity index is 1050. The molecule has 29 heavy (non-hydrogen) atoms. The second-order valence-electron chi connectivity index (χ2n) is 5.77. The first-order valence-electron chi connectivity index (χ1n) is 8.32. The van der Waals surface area contributed by atoms with Gasteiger partial charge >= 0.3 is 0 Å². The van der Waals surface area contributed by atoms with E-state index in [0.717, 1.165) is 12.1 Å². The Morgan fingerprint density at radius 1 is 1.00 bits per heavy atom. The number of nitrogens with zero attached hydrogens (tertiary/aromatic N) is 1. The number of amides is 2. The average molecular weight is 434 g/mol.